The van der Waals surface area contributed by atoms with Crippen molar-refractivity contribution in [1.82, 2.24) is 0 Å². The number of carbonyl (C=O) groups is 1. The maximum atomic E-state index is 11.7. The third-order valence-corrected chi connectivity index (χ3v) is 3.02. The lowest BCUT2D eigenvalue weighted by molar-refractivity contribution is -0.172. The highest BCUT2D eigenvalue weighted by atomic mass is 16.6. The SMILES string of the molecule is C[C@@H]1[C@H](C)COC[C@H]1OC(=O)C(C)(C)C. The summed E-state index contributed by atoms with van der Waals surface area (Å²) in [6.45, 7) is 11.2. The molecule has 3 heteroatoms. The van der Waals surface area contributed by atoms with Crippen molar-refractivity contribution in [2.24, 2.45) is 17.3 Å². The van der Waals surface area contributed by atoms with Crippen molar-refractivity contribution < 1.29 is 14.3 Å². The lowest BCUT2D eigenvalue weighted by atomic mass is 9.89. The van der Waals surface area contributed by atoms with E-state index in [4.69, 9.17) is 9.47 Å². The third-order valence-electron chi connectivity index (χ3n) is 3.02. The van der Waals surface area contributed by atoms with E-state index in [1.165, 1.54) is 0 Å². The molecule has 1 fully saturated rings. The van der Waals surface area contributed by atoms with E-state index in [0.717, 1.165) is 6.61 Å². The van der Waals surface area contributed by atoms with Crippen LogP contribution in [0.4, 0.5) is 0 Å². The smallest absolute Gasteiger partial charge is 0.311 e. The Kier molecular flexibility index (Phi) is 3.77. The summed E-state index contributed by atoms with van der Waals surface area (Å²) in [6, 6.07) is 0. The molecule has 1 saturated heterocycles. The van der Waals surface area contributed by atoms with E-state index in [1.807, 2.05) is 20.8 Å². The van der Waals surface area contributed by atoms with Crippen molar-refractivity contribution in [2.75, 3.05) is 13.2 Å². The Morgan fingerprint density at radius 1 is 1.27 bits per heavy atom. The third kappa shape index (κ3) is 3.20. The van der Waals surface area contributed by atoms with Gasteiger partial charge in [0.2, 0.25) is 0 Å². The predicted molar refractivity (Wildman–Crippen MR) is 58.5 cm³/mol. The van der Waals surface area contributed by atoms with E-state index in [-0.39, 0.29) is 12.1 Å². The van der Waals surface area contributed by atoms with Crippen molar-refractivity contribution >= 4 is 5.97 Å². The number of carbonyl (C=O) groups excluding carboxylic acids is 1. The summed E-state index contributed by atoms with van der Waals surface area (Å²) in [4.78, 5) is 11.7. The molecule has 1 aliphatic rings. The Labute approximate surface area is 92.1 Å². The molecule has 0 radical (unpaired) electrons. The number of ether oxygens (including phenoxy) is 2. The Hall–Kier alpha value is -0.570. The Balaban J connectivity index is 2.54. The van der Waals surface area contributed by atoms with Crippen LogP contribution in [0.2, 0.25) is 0 Å². The summed E-state index contributed by atoms with van der Waals surface area (Å²) in [5.74, 6) is 0.693. The van der Waals surface area contributed by atoms with Crippen LogP contribution in [0, 0.1) is 17.3 Å². The van der Waals surface area contributed by atoms with Crippen LogP contribution in [-0.4, -0.2) is 25.3 Å². The Morgan fingerprint density at radius 2 is 1.87 bits per heavy atom. The van der Waals surface area contributed by atoms with Gasteiger partial charge in [-0.1, -0.05) is 13.8 Å². The molecule has 0 N–H and O–H groups in total. The summed E-state index contributed by atoms with van der Waals surface area (Å²) in [6.07, 6.45) is -0.0829. The van der Waals surface area contributed by atoms with Crippen LogP contribution in [0.25, 0.3) is 0 Å². The summed E-state index contributed by atoms with van der Waals surface area (Å²) >= 11 is 0. The molecule has 15 heavy (non-hydrogen) atoms. The molecule has 0 amide bonds. The largest absolute Gasteiger partial charge is 0.459 e. The van der Waals surface area contributed by atoms with Crippen LogP contribution in [0.5, 0.6) is 0 Å². The standard InChI is InChI=1S/C12H22O3/c1-8-6-14-7-10(9(8)2)15-11(13)12(3,4)5/h8-10H,6-7H2,1-5H3/t8-,9-,10-/m1/s1. The minimum atomic E-state index is -0.430. The van der Waals surface area contributed by atoms with Gasteiger partial charge in [0.1, 0.15) is 6.10 Å². The van der Waals surface area contributed by atoms with Gasteiger partial charge in [-0.05, 0) is 26.7 Å². The van der Waals surface area contributed by atoms with Crippen molar-refractivity contribution in [3.63, 3.8) is 0 Å². The summed E-state index contributed by atoms with van der Waals surface area (Å²) in [5.41, 5.74) is -0.430. The minimum Gasteiger partial charge on any atom is -0.459 e. The van der Waals surface area contributed by atoms with E-state index < -0.39 is 5.41 Å². The molecule has 0 aromatic heterocycles. The lowest BCUT2D eigenvalue weighted by Gasteiger charge is -2.34. The van der Waals surface area contributed by atoms with E-state index in [2.05, 4.69) is 13.8 Å². The Morgan fingerprint density at radius 3 is 2.40 bits per heavy atom. The first-order chi connectivity index (χ1) is 6.82. The molecule has 0 aromatic carbocycles. The zero-order valence-electron chi connectivity index (χ0n) is 10.4. The zero-order chi connectivity index (χ0) is 11.6. The maximum Gasteiger partial charge on any atom is 0.311 e. The zero-order valence-corrected chi connectivity index (χ0v) is 10.4. The molecular weight excluding hydrogens is 192 g/mol. The fraction of sp³-hybridized carbons (Fsp3) is 0.917. The molecule has 0 aliphatic carbocycles. The molecule has 1 rings (SSSR count). The normalized spacial score (nSPS) is 32.5. The van der Waals surface area contributed by atoms with E-state index in [1.54, 1.807) is 0 Å². The second kappa shape index (κ2) is 4.52. The highest BCUT2D eigenvalue weighted by Crippen LogP contribution is 2.26. The fourth-order valence-corrected chi connectivity index (χ4v) is 1.50. The van der Waals surface area contributed by atoms with Crippen molar-refractivity contribution in [3.05, 3.63) is 0 Å². The van der Waals surface area contributed by atoms with Gasteiger partial charge in [-0.25, -0.2) is 0 Å². The number of hydrogen-bond donors (Lipinski definition) is 0. The minimum absolute atomic E-state index is 0.0829. The van der Waals surface area contributed by atoms with Gasteiger partial charge in [0.15, 0.2) is 0 Å². The number of esters is 1. The van der Waals surface area contributed by atoms with Gasteiger partial charge in [-0.2, -0.15) is 0 Å². The molecule has 1 heterocycles. The summed E-state index contributed by atoms with van der Waals surface area (Å²) < 4.78 is 10.9. The summed E-state index contributed by atoms with van der Waals surface area (Å²) in [7, 11) is 0. The Bertz CT molecular complexity index is 230. The first kappa shape index (κ1) is 12.5. The molecule has 3 nitrogen and oxygen atoms in total. The molecule has 88 valence electrons. The van der Waals surface area contributed by atoms with Crippen LogP contribution in [0.3, 0.4) is 0 Å². The van der Waals surface area contributed by atoms with Crippen LogP contribution < -0.4 is 0 Å². The second-order valence-corrected chi connectivity index (χ2v) is 5.57. The van der Waals surface area contributed by atoms with Crippen LogP contribution in [-0.2, 0) is 14.3 Å². The second-order valence-electron chi connectivity index (χ2n) is 5.57. The number of hydrogen-bond acceptors (Lipinski definition) is 3. The molecule has 3 atom stereocenters. The first-order valence-corrected chi connectivity index (χ1v) is 5.61. The quantitative estimate of drug-likeness (QED) is 0.628. The average molecular weight is 214 g/mol. The van der Waals surface area contributed by atoms with Gasteiger partial charge in [-0.3, -0.25) is 4.79 Å². The number of rotatable bonds is 1. The van der Waals surface area contributed by atoms with Gasteiger partial charge in [0.25, 0.3) is 0 Å². The topological polar surface area (TPSA) is 35.5 Å². The lowest BCUT2D eigenvalue weighted by Crippen LogP contribution is -2.41. The molecule has 0 bridgehead atoms. The first-order valence-electron chi connectivity index (χ1n) is 5.61. The van der Waals surface area contributed by atoms with Gasteiger partial charge < -0.3 is 9.47 Å². The highest BCUT2D eigenvalue weighted by molar-refractivity contribution is 5.75. The maximum absolute atomic E-state index is 11.7. The van der Waals surface area contributed by atoms with Crippen LogP contribution >= 0.6 is 0 Å². The fourth-order valence-electron chi connectivity index (χ4n) is 1.50. The van der Waals surface area contributed by atoms with Gasteiger partial charge in [0.05, 0.1) is 12.0 Å². The molecular formula is C12H22O3. The van der Waals surface area contributed by atoms with Crippen LogP contribution in [0.15, 0.2) is 0 Å². The molecule has 1 aliphatic heterocycles. The monoisotopic (exact) mass is 214 g/mol. The van der Waals surface area contributed by atoms with Gasteiger partial charge in [0, 0.05) is 12.5 Å². The molecule has 0 spiro atoms. The molecule has 0 saturated carbocycles. The summed E-state index contributed by atoms with van der Waals surface area (Å²) in [5, 5.41) is 0. The molecule has 0 aromatic rings. The molecule has 0 unspecified atom stereocenters. The van der Waals surface area contributed by atoms with Crippen molar-refractivity contribution in [2.45, 2.75) is 40.7 Å². The van der Waals surface area contributed by atoms with E-state index in [9.17, 15) is 4.79 Å². The van der Waals surface area contributed by atoms with Crippen molar-refractivity contribution in [1.29, 1.82) is 0 Å². The van der Waals surface area contributed by atoms with E-state index >= 15 is 0 Å². The van der Waals surface area contributed by atoms with Crippen molar-refractivity contribution in [3.8, 4) is 0 Å². The van der Waals surface area contributed by atoms with E-state index in [0.29, 0.717) is 18.4 Å². The highest BCUT2D eigenvalue weighted by Gasteiger charge is 2.33. The predicted octanol–water partition coefficient (Wildman–Crippen LogP) is 2.25. The van der Waals surface area contributed by atoms with Crippen LogP contribution in [0.1, 0.15) is 34.6 Å². The van der Waals surface area contributed by atoms with Gasteiger partial charge >= 0.3 is 5.97 Å². The average Bonchev–Trinajstić information content (AvgIpc) is 2.11. The van der Waals surface area contributed by atoms with Gasteiger partial charge in [-0.15, -0.1) is 0 Å².